The summed E-state index contributed by atoms with van der Waals surface area (Å²) in [6.45, 7) is 9.49. The van der Waals surface area contributed by atoms with Gasteiger partial charge in [-0.2, -0.15) is 0 Å². The standard InChI is InChI=1S/C15H21BN2O3/c1-10(17)19-13(18)11-7-6-8-12(9-11)16-20-14(2,3)15(4,5)21-16/h6-9,17-18H,1-5H3. The Morgan fingerprint density at radius 1 is 1.10 bits per heavy atom. The van der Waals surface area contributed by atoms with Gasteiger partial charge in [-0.1, -0.05) is 12.1 Å². The van der Waals surface area contributed by atoms with E-state index in [1.165, 1.54) is 6.92 Å². The first-order chi connectivity index (χ1) is 9.62. The van der Waals surface area contributed by atoms with E-state index >= 15 is 0 Å². The highest BCUT2D eigenvalue weighted by Crippen LogP contribution is 2.36. The Morgan fingerprint density at radius 2 is 1.67 bits per heavy atom. The van der Waals surface area contributed by atoms with E-state index in [1.807, 2.05) is 39.8 Å². The fraction of sp³-hybridized carbons (Fsp3) is 0.467. The van der Waals surface area contributed by atoms with E-state index in [9.17, 15) is 0 Å². The molecule has 0 spiro atoms. The van der Waals surface area contributed by atoms with Crippen molar-refractivity contribution in [2.45, 2.75) is 45.8 Å². The molecule has 1 heterocycles. The molecule has 0 aromatic heterocycles. The third kappa shape index (κ3) is 3.17. The van der Waals surface area contributed by atoms with E-state index in [2.05, 4.69) is 0 Å². The monoisotopic (exact) mass is 288 g/mol. The van der Waals surface area contributed by atoms with Gasteiger partial charge in [-0.3, -0.25) is 10.8 Å². The molecular formula is C15H21BN2O3. The molecule has 0 atom stereocenters. The third-order valence-corrected chi connectivity index (χ3v) is 3.93. The van der Waals surface area contributed by atoms with Crippen LogP contribution in [0.15, 0.2) is 24.3 Å². The molecule has 0 radical (unpaired) electrons. The van der Waals surface area contributed by atoms with Gasteiger partial charge in [0.25, 0.3) is 0 Å². The topological polar surface area (TPSA) is 75.4 Å². The lowest BCUT2D eigenvalue weighted by Gasteiger charge is -2.32. The summed E-state index contributed by atoms with van der Waals surface area (Å²) in [5, 5.41) is 15.1. The van der Waals surface area contributed by atoms with Gasteiger partial charge < -0.3 is 14.0 Å². The van der Waals surface area contributed by atoms with Gasteiger partial charge in [-0.25, -0.2) is 0 Å². The third-order valence-electron chi connectivity index (χ3n) is 3.93. The molecule has 6 heteroatoms. The van der Waals surface area contributed by atoms with Crippen molar-refractivity contribution in [1.29, 1.82) is 10.8 Å². The highest BCUT2D eigenvalue weighted by Gasteiger charge is 2.51. The first-order valence-electron chi connectivity index (χ1n) is 6.90. The van der Waals surface area contributed by atoms with Gasteiger partial charge >= 0.3 is 7.12 Å². The summed E-state index contributed by atoms with van der Waals surface area (Å²) in [5.74, 6) is -0.0677. The molecule has 1 aromatic rings. The van der Waals surface area contributed by atoms with Crippen LogP contribution in [0.1, 0.15) is 40.2 Å². The molecule has 5 nitrogen and oxygen atoms in total. The molecular weight excluding hydrogens is 267 g/mol. The summed E-state index contributed by atoms with van der Waals surface area (Å²) in [6, 6.07) is 7.29. The maximum atomic E-state index is 7.84. The van der Waals surface area contributed by atoms with E-state index < -0.39 is 18.3 Å². The smallest absolute Gasteiger partial charge is 0.426 e. The van der Waals surface area contributed by atoms with Crippen molar-refractivity contribution in [1.82, 2.24) is 0 Å². The van der Waals surface area contributed by atoms with Gasteiger partial charge in [0.05, 0.1) is 11.2 Å². The van der Waals surface area contributed by atoms with Crippen LogP contribution in [0, 0.1) is 10.8 Å². The van der Waals surface area contributed by atoms with Crippen molar-refractivity contribution in [3.63, 3.8) is 0 Å². The fourth-order valence-electron chi connectivity index (χ4n) is 2.02. The fourth-order valence-corrected chi connectivity index (χ4v) is 2.02. The molecule has 112 valence electrons. The van der Waals surface area contributed by atoms with Crippen LogP contribution in [0.25, 0.3) is 0 Å². The van der Waals surface area contributed by atoms with E-state index in [-0.39, 0.29) is 11.8 Å². The second kappa shape index (κ2) is 5.28. The molecule has 1 aromatic carbocycles. The molecule has 2 N–H and O–H groups in total. The summed E-state index contributed by atoms with van der Waals surface area (Å²) in [5.41, 5.74) is 0.628. The molecule has 0 saturated carbocycles. The maximum Gasteiger partial charge on any atom is 0.494 e. The molecule has 0 unspecified atom stereocenters. The Bertz CT molecular complexity index is 568. The zero-order valence-electron chi connectivity index (χ0n) is 13.1. The van der Waals surface area contributed by atoms with Crippen LogP contribution < -0.4 is 5.46 Å². The van der Waals surface area contributed by atoms with Gasteiger partial charge in [-0.05, 0) is 45.3 Å². The molecule has 1 aliphatic heterocycles. The van der Waals surface area contributed by atoms with E-state index in [0.29, 0.717) is 5.56 Å². The lowest BCUT2D eigenvalue weighted by atomic mass is 9.78. The molecule has 1 fully saturated rings. The van der Waals surface area contributed by atoms with Crippen molar-refractivity contribution >= 4 is 24.4 Å². The molecule has 1 saturated heterocycles. The molecule has 0 bridgehead atoms. The normalized spacial score (nSPS) is 19.4. The molecule has 0 amide bonds. The van der Waals surface area contributed by atoms with Crippen molar-refractivity contribution in [2.75, 3.05) is 0 Å². The van der Waals surface area contributed by atoms with Crippen LogP contribution in [0.3, 0.4) is 0 Å². The highest BCUT2D eigenvalue weighted by atomic mass is 16.7. The first-order valence-corrected chi connectivity index (χ1v) is 6.90. The second-order valence-corrected chi connectivity index (χ2v) is 6.20. The quantitative estimate of drug-likeness (QED) is 0.498. The predicted molar refractivity (Wildman–Crippen MR) is 83.5 cm³/mol. The SMILES string of the molecule is CC(=N)OC(=N)c1cccc(B2OC(C)(C)C(C)(C)O2)c1. The van der Waals surface area contributed by atoms with Crippen molar-refractivity contribution in [3.05, 3.63) is 29.8 Å². The maximum absolute atomic E-state index is 7.84. The number of benzene rings is 1. The predicted octanol–water partition coefficient (Wildman–Crippen LogP) is 2.32. The minimum Gasteiger partial charge on any atom is -0.426 e. The zero-order chi connectivity index (χ0) is 15.8. The first kappa shape index (κ1) is 15.7. The van der Waals surface area contributed by atoms with Crippen molar-refractivity contribution in [2.24, 2.45) is 0 Å². The Morgan fingerprint density at radius 3 is 2.19 bits per heavy atom. The van der Waals surface area contributed by atoms with Crippen LogP contribution in [-0.2, 0) is 14.0 Å². The Labute approximate surface area is 125 Å². The van der Waals surface area contributed by atoms with Gasteiger partial charge in [0, 0.05) is 12.5 Å². The number of rotatable bonds is 2. The number of hydrogen-bond donors (Lipinski definition) is 2. The molecule has 2 rings (SSSR count). The van der Waals surface area contributed by atoms with Crippen LogP contribution in [0.2, 0.25) is 0 Å². The largest absolute Gasteiger partial charge is 0.494 e. The average molecular weight is 288 g/mol. The van der Waals surface area contributed by atoms with Crippen molar-refractivity contribution in [3.8, 4) is 0 Å². The lowest BCUT2D eigenvalue weighted by Crippen LogP contribution is -2.41. The lowest BCUT2D eigenvalue weighted by molar-refractivity contribution is 0.00578. The van der Waals surface area contributed by atoms with E-state index in [0.717, 1.165) is 5.46 Å². The van der Waals surface area contributed by atoms with E-state index in [4.69, 9.17) is 24.9 Å². The molecule has 21 heavy (non-hydrogen) atoms. The average Bonchev–Trinajstić information content (AvgIpc) is 2.58. The summed E-state index contributed by atoms with van der Waals surface area (Å²) in [6.07, 6.45) is 0. The number of nitrogens with one attached hydrogen (secondary N) is 2. The minimum absolute atomic E-state index is 0.0129. The van der Waals surface area contributed by atoms with E-state index in [1.54, 1.807) is 12.1 Å². The molecule has 0 aliphatic carbocycles. The summed E-state index contributed by atoms with van der Waals surface area (Å²) >= 11 is 0. The highest BCUT2D eigenvalue weighted by molar-refractivity contribution is 6.62. The second-order valence-electron chi connectivity index (χ2n) is 6.20. The molecule has 1 aliphatic rings. The van der Waals surface area contributed by atoms with Crippen LogP contribution in [0.4, 0.5) is 0 Å². The summed E-state index contributed by atoms with van der Waals surface area (Å²) in [4.78, 5) is 0. The van der Waals surface area contributed by atoms with Gasteiger partial charge in [0.2, 0.25) is 5.90 Å². The van der Waals surface area contributed by atoms with Crippen molar-refractivity contribution < 1.29 is 14.0 Å². The number of hydrogen-bond acceptors (Lipinski definition) is 5. The van der Waals surface area contributed by atoms with Gasteiger partial charge in [-0.15, -0.1) is 0 Å². The Balaban J connectivity index is 2.23. The Hall–Kier alpha value is -1.66. The summed E-state index contributed by atoms with van der Waals surface area (Å²) in [7, 11) is -0.469. The van der Waals surface area contributed by atoms with Gasteiger partial charge in [0.1, 0.15) is 0 Å². The zero-order valence-corrected chi connectivity index (χ0v) is 13.1. The van der Waals surface area contributed by atoms with Gasteiger partial charge in [0.15, 0.2) is 5.90 Å². The summed E-state index contributed by atoms with van der Waals surface area (Å²) < 4.78 is 17.0. The minimum atomic E-state index is -0.469. The van der Waals surface area contributed by atoms with Crippen LogP contribution in [-0.4, -0.2) is 30.1 Å². The van der Waals surface area contributed by atoms with Crippen LogP contribution in [0.5, 0.6) is 0 Å². The Kier molecular flexibility index (Phi) is 3.95. The number of ether oxygens (including phenoxy) is 1. The van der Waals surface area contributed by atoms with Crippen LogP contribution >= 0.6 is 0 Å².